The molecular weight excluding hydrogens is 349 g/mol. The van der Waals surface area contributed by atoms with Gasteiger partial charge in [-0.2, -0.15) is 4.72 Å². The van der Waals surface area contributed by atoms with Crippen molar-refractivity contribution in [3.8, 4) is 0 Å². The number of hydrogen-bond donors (Lipinski definition) is 2. The van der Waals surface area contributed by atoms with Gasteiger partial charge in [0.15, 0.2) is 0 Å². The summed E-state index contributed by atoms with van der Waals surface area (Å²) in [5, 5.41) is 8.94. The highest BCUT2D eigenvalue weighted by Crippen LogP contribution is 2.36. The maximum absolute atomic E-state index is 12.2. The third-order valence-corrected chi connectivity index (χ3v) is 5.45. The third-order valence-electron chi connectivity index (χ3n) is 2.87. The number of carboxylic acids is 1. The Balaban J connectivity index is 2.38. The summed E-state index contributed by atoms with van der Waals surface area (Å²) in [5.74, 6) is -1.43. The van der Waals surface area contributed by atoms with Gasteiger partial charge in [-0.05, 0) is 30.9 Å². The van der Waals surface area contributed by atoms with Crippen LogP contribution in [-0.2, 0) is 14.8 Å². The van der Waals surface area contributed by atoms with Crippen molar-refractivity contribution in [1.29, 1.82) is 0 Å². The number of nitrogens with one attached hydrogen (secondary N) is 1. The van der Waals surface area contributed by atoms with Gasteiger partial charge in [0.25, 0.3) is 0 Å². The predicted molar refractivity (Wildman–Crippen MR) is 75.9 cm³/mol. The molecule has 1 saturated carbocycles. The molecule has 1 aliphatic carbocycles. The second-order valence-electron chi connectivity index (χ2n) is 4.47. The molecule has 0 radical (unpaired) electrons. The van der Waals surface area contributed by atoms with Gasteiger partial charge in [-0.3, -0.25) is 4.79 Å². The zero-order chi connectivity index (χ0) is 15.1. The number of carboxylic acid groups (broad SMARTS) is 1. The summed E-state index contributed by atoms with van der Waals surface area (Å²) in [5.41, 5.74) is 0. The molecule has 1 aromatic carbocycles. The minimum Gasteiger partial charge on any atom is -0.480 e. The van der Waals surface area contributed by atoms with Crippen LogP contribution in [0, 0.1) is 5.92 Å². The van der Waals surface area contributed by atoms with Crippen molar-refractivity contribution < 1.29 is 18.3 Å². The average Bonchev–Trinajstić information content (AvgIpc) is 3.07. The number of sulfonamides is 1. The van der Waals surface area contributed by atoms with Crippen LogP contribution < -0.4 is 4.72 Å². The van der Waals surface area contributed by atoms with Crippen molar-refractivity contribution in [2.24, 2.45) is 5.92 Å². The molecule has 2 rings (SSSR count). The maximum Gasteiger partial charge on any atom is 0.322 e. The smallest absolute Gasteiger partial charge is 0.322 e. The van der Waals surface area contributed by atoms with Crippen LogP contribution in [0.2, 0.25) is 15.1 Å². The van der Waals surface area contributed by atoms with Gasteiger partial charge in [-0.25, -0.2) is 8.42 Å². The zero-order valence-electron chi connectivity index (χ0n) is 9.94. The fourth-order valence-corrected chi connectivity index (χ4v) is 4.59. The SMILES string of the molecule is O=C(O)C(NS(=O)(=O)c1c(Cl)cc(Cl)cc1Cl)C1CC1. The predicted octanol–water partition coefficient (Wildman–Crippen LogP) is 2.79. The van der Waals surface area contributed by atoms with E-state index in [1.54, 1.807) is 0 Å². The van der Waals surface area contributed by atoms with E-state index in [1.807, 2.05) is 0 Å². The molecule has 110 valence electrons. The number of rotatable bonds is 5. The van der Waals surface area contributed by atoms with E-state index in [9.17, 15) is 13.2 Å². The van der Waals surface area contributed by atoms with Gasteiger partial charge in [0.05, 0.1) is 10.0 Å². The topological polar surface area (TPSA) is 83.5 Å². The molecule has 2 N–H and O–H groups in total. The lowest BCUT2D eigenvalue weighted by molar-refractivity contribution is -0.139. The van der Waals surface area contributed by atoms with Crippen molar-refractivity contribution in [1.82, 2.24) is 4.72 Å². The van der Waals surface area contributed by atoms with E-state index >= 15 is 0 Å². The van der Waals surface area contributed by atoms with Crippen LogP contribution in [0.5, 0.6) is 0 Å². The Morgan fingerprint density at radius 3 is 2.15 bits per heavy atom. The van der Waals surface area contributed by atoms with Gasteiger partial charge < -0.3 is 5.11 Å². The Bertz CT molecular complexity index is 635. The second-order valence-corrected chi connectivity index (χ2v) is 7.37. The summed E-state index contributed by atoms with van der Waals surface area (Å²) in [6, 6.07) is 1.29. The van der Waals surface area contributed by atoms with Gasteiger partial charge in [0, 0.05) is 5.02 Å². The van der Waals surface area contributed by atoms with Gasteiger partial charge in [-0.1, -0.05) is 34.8 Å². The van der Waals surface area contributed by atoms with E-state index in [2.05, 4.69) is 4.72 Å². The highest BCUT2D eigenvalue weighted by atomic mass is 35.5. The molecule has 1 fully saturated rings. The molecule has 0 bridgehead atoms. The summed E-state index contributed by atoms with van der Waals surface area (Å²) in [7, 11) is -4.14. The van der Waals surface area contributed by atoms with E-state index in [-0.39, 0.29) is 25.9 Å². The molecule has 0 aliphatic heterocycles. The highest BCUT2D eigenvalue weighted by molar-refractivity contribution is 7.89. The molecule has 5 nitrogen and oxygen atoms in total. The first kappa shape index (κ1) is 15.9. The number of halogens is 3. The molecule has 0 heterocycles. The first-order valence-electron chi connectivity index (χ1n) is 5.62. The number of hydrogen-bond acceptors (Lipinski definition) is 3. The standard InChI is InChI=1S/C11H10Cl3NO4S/c12-6-3-7(13)10(8(14)4-6)20(18,19)15-9(11(16)17)5-1-2-5/h3-5,9,15H,1-2H2,(H,16,17). The lowest BCUT2D eigenvalue weighted by atomic mass is 10.2. The van der Waals surface area contributed by atoms with Gasteiger partial charge >= 0.3 is 5.97 Å². The fraction of sp³-hybridized carbons (Fsp3) is 0.364. The van der Waals surface area contributed by atoms with Crippen molar-refractivity contribution in [3.05, 3.63) is 27.2 Å². The van der Waals surface area contributed by atoms with Crippen LogP contribution in [0.25, 0.3) is 0 Å². The fourth-order valence-electron chi connectivity index (χ4n) is 1.79. The van der Waals surface area contributed by atoms with Gasteiger partial charge in [0.1, 0.15) is 10.9 Å². The molecular formula is C11H10Cl3NO4S. The van der Waals surface area contributed by atoms with E-state index in [0.29, 0.717) is 12.8 Å². The molecule has 9 heteroatoms. The Morgan fingerprint density at radius 1 is 1.25 bits per heavy atom. The van der Waals surface area contributed by atoms with Crippen LogP contribution >= 0.6 is 34.8 Å². The lowest BCUT2D eigenvalue weighted by Crippen LogP contribution is -2.42. The van der Waals surface area contributed by atoms with Crippen LogP contribution in [0.4, 0.5) is 0 Å². The lowest BCUT2D eigenvalue weighted by Gasteiger charge is -2.15. The molecule has 1 aliphatic rings. The Kier molecular flexibility index (Phi) is 4.51. The van der Waals surface area contributed by atoms with E-state index < -0.39 is 22.0 Å². The quantitative estimate of drug-likeness (QED) is 0.848. The monoisotopic (exact) mass is 357 g/mol. The van der Waals surface area contributed by atoms with Gasteiger partial charge in [0.2, 0.25) is 10.0 Å². The Morgan fingerprint density at radius 2 is 1.75 bits per heavy atom. The van der Waals surface area contributed by atoms with Crippen LogP contribution in [0.15, 0.2) is 17.0 Å². The summed E-state index contributed by atoms with van der Waals surface area (Å²) >= 11 is 17.4. The highest BCUT2D eigenvalue weighted by Gasteiger charge is 2.40. The summed E-state index contributed by atoms with van der Waals surface area (Å²) in [6.45, 7) is 0. The van der Waals surface area contributed by atoms with Crippen molar-refractivity contribution in [3.63, 3.8) is 0 Å². The number of benzene rings is 1. The second kappa shape index (κ2) is 5.69. The number of aliphatic carboxylic acids is 1. The van der Waals surface area contributed by atoms with E-state index in [1.165, 1.54) is 12.1 Å². The zero-order valence-corrected chi connectivity index (χ0v) is 13.0. The molecule has 1 unspecified atom stereocenters. The molecule has 0 amide bonds. The minimum absolute atomic E-state index is 0.157. The largest absolute Gasteiger partial charge is 0.480 e. The van der Waals surface area contributed by atoms with Crippen LogP contribution in [-0.4, -0.2) is 25.5 Å². The van der Waals surface area contributed by atoms with Gasteiger partial charge in [-0.15, -0.1) is 0 Å². The average molecular weight is 359 g/mol. The summed E-state index contributed by atoms with van der Waals surface area (Å²) in [4.78, 5) is 10.7. The molecule has 0 spiro atoms. The molecule has 1 atom stereocenters. The normalized spacial score (nSPS) is 16.9. The van der Waals surface area contributed by atoms with Crippen LogP contribution in [0.3, 0.4) is 0 Å². The Labute approximate surface area is 130 Å². The number of carbonyl (C=O) groups is 1. The van der Waals surface area contributed by atoms with E-state index in [0.717, 1.165) is 0 Å². The molecule has 0 saturated heterocycles. The Hall–Kier alpha value is -0.530. The van der Waals surface area contributed by atoms with E-state index in [4.69, 9.17) is 39.9 Å². The minimum atomic E-state index is -4.14. The molecule has 1 aromatic rings. The van der Waals surface area contributed by atoms with Crippen molar-refractivity contribution in [2.45, 2.75) is 23.8 Å². The first-order valence-corrected chi connectivity index (χ1v) is 8.24. The van der Waals surface area contributed by atoms with Crippen molar-refractivity contribution >= 4 is 50.8 Å². The molecule has 0 aromatic heterocycles. The summed E-state index contributed by atoms with van der Waals surface area (Å²) in [6.07, 6.45) is 1.34. The third kappa shape index (κ3) is 3.38. The molecule has 20 heavy (non-hydrogen) atoms. The first-order chi connectivity index (χ1) is 9.22. The van der Waals surface area contributed by atoms with Crippen molar-refractivity contribution in [2.75, 3.05) is 0 Å². The van der Waals surface area contributed by atoms with Crippen LogP contribution in [0.1, 0.15) is 12.8 Å². The maximum atomic E-state index is 12.2. The summed E-state index contributed by atoms with van der Waals surface area (Å²) < 4.78 is 26.6.